The maximum Gasteiger partial charge on any atom is 0.293 e. The molecule has 4 aromatic rings. The molecule has 0 spiro atoms. The number of amides is 1. The van der Waals surface area contributed by atoms with Crippen LogP contribution in [0, 0.1) is 16.0 Å². The van der Waals surface area contributed by atoms with E-state index in [0.717, 1.165) is 25.9 Å². The molecule has 0 unspecified atom stereocenters. The second-order valence-corrected chi connectivity index (χ2v) is 9.36. The lowest BCUT2D eigenvalue weighted by molar-refractivity contribution is -0.384. The zero-order valence-corrected chi connectivity index (χ0v) is 21.4. The summed E-state index contributed by atoms with van der Waals surface area (Å²) in [6, 6.07) is 15.1. The van der Waals surface area contributed by atoms with E-state index in [4.69, 9.17) is 13.9 Å². The number of fused-ring (bicyclic) bond motifs is 1. The monoisotopic (exact) mass is 516 g/mol. The van der Waals surface area contributed by atoms with Crippen LogP contribution in [0.1, 0.15) is 30.1 Å². The van der Waals surface area contributed by atoms with Crippen molar-refractivity contribution in [3.63, 3.8) is 0 Å². The minimum absolute atomic E-state index is 0.0706. The highest BCUT2D eigenvalue weighted by atomic mass is 16.6. The zero-order valence-electron chi connectivity index (χ0n) is 21.4. The molecule has 1 aliphatic rings. The number of nitro groups is 1. The molecule has 0 saturated carbocycles. The largest absolute Gasteiger partial charge is 0.493 e. The first kappa shape index (κ1) is 25.1. The number of piperidine rings is 1. The van der Waals surface area contributed by atoms with Gasteiger partial charge in [0.25, 0.3) is 11.6 Å². The number of nitrogens with zero attached hydrogens (tertiary/aromatic N) is 3. The second-order valence-electron chi connectivity index (χ2n) is 9.36. The average Bonchev–Trinajstić information content (AvgIpc) is 3.36. The van der Waals surface area contributed by atoms with Gasteiger partial charge in [-0.1, -0.05) is 6.92 Å². The Morgan fingerprint density at radius 2 is 1.82 bits per heavy atom. The van der Waals surface area contributed by atoms with Gasteiger partial charge in [0, 0.05) is 36.0 Å². The van der Waals surface area contributed by atoms with Crippen molar-refractivity contribution >= 4 is 34.1 Å². The molecule has 1 aromatic heterocycles. The van der Waals surface area contributed by atoms with E-state index in [1.807, 2.05) is 11.0 Å². The van der Waals surface area contributed by atoms with E-state index in [1.54, 1.807) is 56.7 Å². The standard InChI is InChI=1S/C28H28N4O6/c1-17-10-12-31(13-11-17)22-7-4-18(14-23(22)32(34)35)27(33)29-20-6-9-24-21(16-20)30-28(38-24)19-5-8-25(36-2)26(15-19)37-3/h4-9,14-17H,10-13H2,1-3H3,(H,29,33). The summed E-state index contributed by atoms with van der Waals surface area (Å²) < 4.78 is 16.5. The number of hydrogen-bond acceptors (Lipinski definition) is 8. The molecular formula is C28H28N4O6. The SMILES string of the molecule is COc1ccc(-c2nc3cc(NC(=O)c4ccc(N5CCC(C)CC5)c([N+](=O)[O-])c4)ccc3o2)cc1OC. The minimum Gasteiger partial charge on any atom is -0.493 e. The van der Waals surface area contributed by atoms with Gasteiger partial charge in [-0.25, -0.2) is 4.98 Å². The van der Waals surface area contributed by atoms with Crippen molar-refractivity contribution in [3.05, 3.63) is 70.3 Å². The molecule has 38 heavy (non-hydrogen) atoms. The van der Waals surface area contributed by atoms with Gasteiger partial charge in [0.05, 0.1) is 19.1 Å². The number of nitrogens with one attached hydrogen (secondary N) is 1. The van der Waals surface area contributed by atoms with E-state index >= 15 is 0 Å². The first-order chi connectivity index (χ1) is 18.4. The summed E-state index contributed by atoms with van der Waals surface area (Å²) in [5.41, 5.74) is 2.98. The van der Waals surface area contributed by atoms with Gasteiger partial charge in [0.15, 0.2) is 17.1 Å². The second kappa shape index (κ2) is 10.4. The minimum atomic E-state index is -0.449. The Balaban J connectivity index is 1.36. The summed E-state index contributed by atoms with van der Waals surface area (Å²) in [6.45, 7) is 3.71. The van der Waals surface area contributed by atoms with Crippen molar-refractivity contribution in [2.24, 2.45) is 5.92 Å². The van der Waals surface area contributed by atoms with Gasteiger partial charge < -0.3 is 24.1 Å². The van der Waals surface area contributed by atoms with E-state index in [2.05, 4.69) is 17.2 Å². The lowest BCUT2D eigenvalue weighted by Gasteiger charge is -2.31. The molecule has 1 fully saturated rings. The lowest BCUT2D eigenvalue weighted by Crippen LogP contribution is -2.33. The van der Waals surface area contributed by atoms with Crippen molar-refractivity contribution in [2.75, 3.05) is 37.5 Å². The van der Waals surface area contributed by atoms with E-state index < -0.39 is 10.8 Å². The van der Waals surface area contributed by atoms with Gasteiger partial charge in [0.2, 0.25) is 5.89 Å². The Morgan fingerprint density at radius 1 is 1.05 bits per heavy atom. The number of nitro benzene ring substituents is 1. The molecule has 196 valence electrons. The number of oxazole rings is 1. The van der Waals surface area contributed by atoms with Crippen LogP contribution in [0.4, 0.5) is 17.1 Å². The van der Waals surface area contributed by atoms with Gasteiger partial charge >= 0.3 is 0 Å². The summed E-state index contributed by atoms with van der Waals surface area (Å²) in [5.74, 6) is 1.69. The van der Waals surface area contributed by atoms with Crippen LogP contribution in [0.25, 0.3) is 22.6 Å². The molecule has 10 heteroatoms. The Morgan fingerprint density at radius 3 is 2.53 bits per heavy atom. The highest BCUT2D eigenvalue weighted by Gasteiger charge is 2.25. The van der Waals surface area contributed by atoms with E-state index in [9.17, 15) is 14.9 Å². The quantitative estimate of drug-likeness (QED) is 0.238. The van der Waals surface area contributed by atoms with Crippen molar-refractivity contribution in [1.82, 2.24) is 4.98 Å². The fourth-order valence-electron chi connectivity index (χ4n) is 4.63. The number of carbonyl (C=O) groups excluding carboxylic acids is 1. The Hall–Kier alpha value is -4.60. The lowest BCUT2D eigenvalue weighted by atomic mass is 9.98. The summed E-state index contributed by atoms with van der Waals surface area (Å²) >= 11 is 0. The van der Waals surface area contributed by atoms with E-state index in [1.165, 1.54) is 6.07 Å². The molecule has 1 N–H and O–H groups in total. The number of rotatable bonds is 7. The maximum absolute atomic E-state index is 13.0. The molecule has 0 atom stereocenters. The first-order valence-electron chi connectivity index (χ1n) is 12.3. The zero-order chi connectivity index (χ0) is 26.8. The number of benzene rings is 3. The molecule has 0 radical (unpaired) electrons. The summed E-state index contributed by atoms with van der Waals surface area (Å²) in [7, 11) is 3.12. The third-order valence-electron chi connectivity index (χ3n) is 6.83. The van der Waals surface area contributed by atoms with Crippen LogP contribution in [0.5, 0.6) is 11.5 Å². The number of anilines is 2. The highest BCUT2D eigenvalue weighted by molar-refractivity contribution is 6.05. The van der Waals surface area contributed by atoms with Crippen molar-refractivity contribution in [1.29, 1.82) is 0 Å². The van der Waals surface area contributed by atoms with Crippen LogP contribution in [0.15, 0.2) is 59.0 Å². The molecule has 2 heterocycles. The van der Waals surface area contributed by atoms with Gasteiger partial charge in [-0.15, -0.1) is 0 Å². The molecule has 0 aliphatic carbocycles. The number of hydrogen-bond donors (Lipinski definition) is 1. The predicted molar refractivity (Wildman–Crippen MR) is 144 cm³/mol. The van der Waals surface area contributed by atoms with Crippen molar-refractivity contribution < 1.29 is 23.6 Å². The topological polar surface area (TPSA) is 120 Å². The normalized spacial score (nSPS) is 13.9. The number of ether oxygens (including phenoxy) is 2. The Kier molecular flexibility index (Phi) is 6.87. The van der Waals surface area contributed by atoms with E-state index in [-0.39, 0.29) is 11.3 Å². The van der Waals surface area contributed by atoms with Crippen molar-refractivity contribution in [3.8, 4) is 23.0 Å². The van der Waals surface area contributed by atoms with Gasteiger partial charge in [0.1, 0.15) is 11.2 Å². The number of carbonyl (C=O) groups is 1. The highest BCUT2D eigenvalue weighted by Crippen LogP contribution is 2.35. The van der Waals surface area contributed by atoms with Crippen molar-refractivity contribution in [2.45, 2.75) is 19.8 Å². The summed E-state index contributed by atoms with van der Waals surface area (Å²) in [6.07, 6.45) is 1.97. The first-order valence-corrected chi connectivity index (χ1v) is 12.3. The van der Waals surface area contributed by atoms with Gasteiger partial charge in [-0.05, 0) is 67.3 Å². The van der Waals surface area contributed by atoms with E-state index in [0.29, 0.717) is 51.3 Å². The van der Waals surface area contributed by atoms with Gasteiger partial charge in [-0.3, -0.25) is 14.9 Å². The van der Waals surface area contributed by atoms with Crippen LogP contribution in [0.3, 0.4) is 0 Å². The molecule has 5 rings (SSSR count). The van der Waals surface area contributed by atoms with Crippen LogP contribution < -0.4 is 19.7 Å². The maximum atomic E-state index is 13.0. The molecule has 1 aliphatic heterocycles. The van der Waals surface area contributed by atoms with Crippen LogP contribution in [-0.4, -0.2) is 43.1 Å². The molecule has 1 saturated heterocycles. The number of aromatic nitrogens is 1. The third kappa shape index (κ3) is 4.97. The Bertz CT molecular complexity index is 1510. The third-order valence-corrected chi connectivity index (χ3v) is 6.83. The molecule has 3 aromatic carbocycles. The fourth-order valence-corrected chi connectivity index (χ4v) is 4.63. The van der Waals surface area contributed by atoms with Crippen LogP contribution in [-0.2, 0) is 0 Å². The molecule has 0 bridgehead atoms. The smallest absolute Gasteiger partial charge is 0.293 e. The van der Waals surface area contributed by atoms with Crippen LogP contribution >= 0.6 is 0 Å². The van der Waals surface area contributed by atoms with Gasteiger partial charge in [-0.2, -0.15) is 0 Å². The van der Waals surface area contributed by atoms with Crippen LogP contribution in [0.2, 0.25) is 0 Å². The summed E-state index contributed by atoms with van der Waals surface area (Å²) in [5, 5.41) is 14.6. The molecule has 1 amide bonds. The predicted octanol–water partition coefficient (Wildman–Crippen LogP) is 5.91. The fraction of sp³-hybridized carbons (Fsp3) is 0.286. The summed E-state index contributed by atoms with van der Waals surface area (Å²) in [4.78, 5) is 31.0. The average molecular weight is 517 g/mol. The number of methoxy groups -OCH3 is 2. The Labute approximate surface area is 219 Å². The molecule has 10 nitrogen and oxygen atoms in total. The molecular weight excluding hydrogens is 488 g/mol.